The average molecular weight is 303 g/mol. The fourth-order valence-corrected chi connectivity index (χ4v) is 3.60. The van der Waals surface area contributed by atoms with Gasteiger partial charge in [-0.2, -0.15) is 0 Å². The molecule has 5 rings (SSSR count). The van der Waals surface area contributed by atoms with Gasteiger partial charge in [0.25, 0.3) is 0 Å². The van der Waals surface area contributed by atoms with E-state index in [9.17, 15) is 0 Å². The summed E-state index contributed by atoms with van der Waals surface area (Å²) in [5.74, 6) is 0. The Morgan fingerprint density at radius 3 is 2.46 bits per heavy atom. The van der Waals surface area contributed by atoms with Crippen molar-refractivity contribution in [2.24, 2.45) is 0 Å². The van der Waals surface area contributed by atoms with Crippen molar-refractivity contribution in [2.75, 3.05) is 0 Å². The van der Waals surface area contributed by atoms with E-state index in [0.29, 0.717) is 0 Å². The molecule has 0 nitrogen and oxygen atoms in total. The highest BCUT2D eigenvalue weighted by Crippen LogP contribution is 2.36. The first-order valence-corrected chi connectivity index (χ1v) is 8.21. The van der Waals surface area contributed by atoms with Gasteiger partial charge in [0.05, 0.1) is 0 Å². The second-order valence-electron chi connectivity index (χ2n) is 6.17. The van der Waals surface area contributed by atoms with Crippen molar-refractivity contribution >= 4 is 44.5 Å². The summed E-state index contributed by atoms with van der Waals surface area (Å²) >= 11 is 0. The summed E-state index contributed by atoms with van der Waals surface area (Å²) in [7, 11) is 0. The number of rotatable bonds is 2. The lowest BCUT2D eigenvalue weighted by molar-refractivity contribution is 1.66. The third kappa shape index (κ3) is 2.00. The zero-order chi connectivity index (χ0) is 15.9. The Morgan fingerprint density at radius 2 is 1.54 bits per heavy atom. The van der Waals surface area contributed by atoms with Gasteiger partial charge in [0.15, 0.2) is 0 Å². The summed E-state index contributed by atoms with van der Waals surface area (Å²) in [6.45, 7) is 0. The molecule has 0 heteroatoms. The summed E-state index contributed by atoms with van der Waals surface area (Å²) in [5, 5.41) is 7.73. The lowest BCUT2D eigenvalue weighted by Gasteiger charge is -2.12. The zero-order valence-electron chi connectivity index (χ0n) is 13.2. The molecule has 0 saturated carbocycles. The predicted molar refractivity (Wildman–Crippen MR) is 104 cm³/mol. The van der Waals surface area contributed by atoms with Gasteiger partial charge in [-0.25, -0.2) is 0 Å². The Kier molecular flexibility index (Phi) is 2.89. The van der Waals surface area contributed by atoms with Crippen LogP contribution < -0.4 is 0 Å². The summed E-state index contributed by atoms with van der Waals surface area (Å²) < 4.78 is 0. The molecule has 5 aromatic carbocycles. The quantitative estimate of drug-likeness (QED) is 0.256. The van der Waals surface area contributed by atoms with Crippen LogP contribution in [0.2, 0.25) is 0 Å². The van der Waals surface area contributed by atoms with E-state index < -0.39 is 0 Å². The molecule has 1 radical (unpaired) electrons. The van der Waals surface area contributed by atoms with Crippen LogP contribution in [0.1, 0.15) is 11.1 Å². The normalized spacial score (nSPS) is 12.0. The maximum atomic E-state index is 3.39. The van der Waals surface area contributed by atoms with Gasteiger partial charge in [0, 0.05) is 0 Å². The Morgan fingerprint density at radius 1 is 0.667 bits per heavy atom. The van der Waals surface area contributed by atoms with Gasteiger partial charge in [0.2, 0.25) is 0 Å². The first kappa shape index (κ1) is 13.3. The molecule has 0 aliphatic rings. The number of hydrogen-bond donors (Lipinski definition) is 0. The van der Waals surface area contributed by atoms with E-state index in [-0.39, 0.29) is 0 Å². The van der Waals surface area contributed by atoms with Crippen molar-refractivity contribution < 1.29 is 0 Å². The summed E-state index contributed by atoms with van der Waals surface area (Å²) in [6, 6.07) is 31.2. The van der Waals surface area contributed by atoms with E-state index in [4.69, 9.17) is 0 Å². The molecule has 111 valence electrons. The Balaban J connectivity index is 1.84. The van der Waals surface area contributed by atoms with Crippen molar-refractivity contribution in [3.63, 3.8) is 0 Å². The maximum Gasteiger partial charge on any atom is -0.00145 e. The van der Waals surface area contributed by atoms with Crippen molar-refractivity contribution in [1.82, 2.24) is 0 Å². The second-order valence-corrected chi connectivity index (χ2v) is 6.17. The molecule has 0 aliphatic heterocycles. The molecule has 0 amide bonds. The van der Waals surface area contributed by atoms with Crippen LogP contribution in [0, 0.1) is 6.07 Å². The molecule has 0 N–H and O–H groups in total. The van der Waals surface area contributed by atoms with E-state index in [1.807, 2.05) is 12.1 Å². The van der Waals surface area contributed by atoms with Crippen LogP contribution in [-0.2, 0) is 0 Å². The smallest absolute Gasteiger partial charge is 0.00145 e. The van der Waals surface area contributed by atoms with E-state index >= 15 is 0 Å². The molecule has 24 heavy (non-hydrogen) atoms. The lowest BCUT2D eigenvalue weighted by Crippen LogP contribution is -1.86. The minimum absolute atomic E-state index is 1.19. The Labute approximate surface area is 141 Å². The van der Waals surface area contributed by atoms with Crippen molar-refractivity contribution in [3.8, 4) is 0 Å². The monoisotopic (exact) mass is 303 g/mol. The van der Waals surface area contributed by atoms with Crippen molar-refractivity contribution in [3.05, 3.63) is 96.1 Å². The minimum atomic E-state index is 1.19. The number of benzene rings is 5. The summed E-state index contributed by atoms with van der Waals surface area (Å²) in [4.78, 5) is 0. The van der Waals surface area contributed by atoms with Gasteiger partial charge in [0.1, 0.15) is 0 Å². The standard InChI is InChI=1S/C24H15/c1-2-6-17(7-3-1)12-13-20-16-21-10-4-8-18-14-15-19-9-5-11-22(20)24(19)23(18)21/h1-8,10-16H. The number of hydrogen-bond acceptors (Lipinski definition) is 0. The summed E-state index contributed by atoms with van der Waals surface area (Å²) in [6.07, 6.45) is 4.40. The molecule has 0 aliphatic carbocycles. The van der Waals surface area contributed by atoms with Gasteiger partial charge in [-0.15, -0.1) is 0 Å². The molecule has 0 atom stereocenters. The third-order valence-corrected chi connectivity index (χ3v) is 4.71. The van der Waals surface area contributed by atoms with Crippen LogP contribution in [0.4, 0.5) is 0 Å². The fraction of sp³-hybridized carbons (Fsp3) is 0. The zero-order valence-corrected chi connectivity index (χ0v) is 13.2. The molecule has 0 heterocycles. The highest BCUT2D eigenvalue weighted by Gasteiger charge is 2.10. The Bertz CT molecular complexity index is 1180. The van der Waals surface area contributed by atoms with Crippen LogP contribution in [0.25, 0.3) is 44.5 Å². The molecule has 0 saturated heterocycles. The molecule has 0 aromatic heterocycles. The highest BCUT2D eigenvalue weighted by atomic mass is 14.1. The van der Waals surface area contributed by atoms with E-state index in [2.05, 4.69) is 84.9 Å². The van der Waals surface area contributed by atoms with Gasteiger partial charge >= 0.3 is 0 Å². The topological polar surface area (TPSA) is 0 Å². The maximum absolute atomic E-state index is 3.39. The van der Waals surface area contributed by atoms with E-state index in [0.717, 1.165) is 0 Å². The minimum Gasteiger partial charge on any atom is -0.0622 e. The van der Waals surface area contributed by atoms with E-state index in [1.54, 1.807) is 0 Å². The molecule has 0 bridgehead atoms. The molecule has 5 aromatic rings. The average Bonchev–Trinajstić information content (AvgIpc) is 2.65. The SMILES string of the molecule is [c]1ccc2c(C=Cc3ccccc3)cc3cccc4ccc1c2c43. The van der Waals surface area contributed by atoms with Crippen LogP contribution >= 0.6 is 0 Å². The van der Waals surface area contributed by atoms with Crippen molar-refractivity contribution in [2.45, 2.75) is 0 Å². The summed E-state index contributed by atoms with van der Waals surface area (Å²) in [5.41, 5.74) is 2.47. The van der Waals surface area contributed by atoms with Crippen LogP contribution in [0.3, 0.4) is 0 Å². The van der Waals surface area contributed by atoms with Crippen LogP contribution in [-0.4, -0.2) is 0 Å². The van der Waals surface area contributed by atoms with Gasteiger partial charge < -0.3 is 0 Å². The molecular formula is C24H15. The molecule has 0 unspecified atom stereocenters. The van der Waals surface area contributed by atoms with Gasteiger partial charge in [-0.3, -0.25) is 0 Å². The third-order valence-electron chi connectivity index (χ3n) is 4.71. The van der Waals surface area contributed by atoms with Crippen LogP contribution in [0.5, 0.6) is 0 Å². The first-order chi connectivity index (χ1) is 11.9. The second kappa shape index (κ2) is 5.21. The molecular weight excluding hydrogens is 288 g/mol. The van der Waals surface area contributed by atoms with Crippen LogP contribution in [0.15, 0.2) is 78.9 Å². The predicted octanol–water partition coefficient (Wildman–Crippen LogP) is 6.55. The fourth-order valence-electron chi connectivity index (χ4n) is 3.60. The largest absolute Gasteiger partial charge is 0.0622 e. The van der Waals surface area contributed by atoms with E-state index in [1.165, 1.54) is 43.4 Å². The molecule has 0 fully saturated rings. The lowest BCUT2D eigenvalue weighted by atomic mass is 9.91. The van der Waals surface area contributed by atoms with Gasteiger partial charge in [-0.05, 0) is 55.6 Å². The molecule has 0 spiro atoms. The highest BCUT2D eigenvalue weighted by molar-refractivity contribution is 6.24. The Hall–Kier alpha value is -3.12. The first-order valence-electron chi connectivity index (χ1n) is 8.21. The van der Waals surface area contributed by atoms with Crippen molar-refractivity contribution in [1.29, 1.82) is 0 Å². The van der Waals surface area contributed by atoms with Gasteiger partial charge in [-0.1, -0.05) is 84.9 Å².